The zero-order valence-corrected chi connectivity index (χ0v) is 9.66. The summed E-state index contributed by atoms with van der Waals surface area (Å²) < 4.78 is 0. The summed E-state index contributed by atoms with van der Waals surface area (Å²) in [5.74, 6) is -0.196. The maximum Gasteiger partial charge on any atom is 0.186 e. The molecule has 1 saturated carbocycles. The molecule has 0 aliphatic heterocycles. The Kier molecular flexibility index (Phi) is 5.28. The Labute approximate surface area is 90.6 Å². The molecule has 5 N–H and O–H groups in total. The molecule has 5 heteroatoms. The molecule has 1 rings (SSSR count). The Hall–Kier alpha value is -1.10. The van der Waals surface area contributed by atoms with Crippen molar-refractivity contribution in [2.75, 3.05) is 0 Å². The second-order valence-electron chi connectivity index (χ2n) is 3.54. The van der Waals surface area contributed by atoms with Gasteiger partial charge in [-0.1, -0.05) is 13.8 Å². The van der Waals surface area contributed by atoms with Crippen molar-refractivity contribution < 1.29 is 9.90 Å². The molecule has 1 fully saturated rings. The number of carbonyl (C=O) groups is 1. The van der Waals surface area contributed by atoms with Gasteiger partial charge in [-0.05, 0) is 19.8 Å². The number of nitrogens with zero attached hydrogens (tertiary/aromatic N) is 1. The van der Waals surface area contributed by atoms with E-state index >= 15 is 0 Å². The van der Waals surface area contributed by atoms with Gasteiger partial charge in [0.15, 0.2) is 11.7 Å². The average molecular weight is 215 g/mol. The van der Waals surface area contributed by atoms with Crippen molar-refractivity contribution in [2.45, 2.75) is 51.7 Å². The van der Waals surface area contributed by atoms with Gasteiger partial charge in [0.1, 0.15) is 5.60 Å². The van der Waals surface area contributed by atoms with Crippen LogP contribution in [0, 0.1) is 0 Å². The van der Waals surface area contributed by atoms with Crippen LogP contribution in [0.2, 0.25) is 0 Å². The second kappa shape index (κ2) is 5.70. The lowest BCUT2D eigenvalue weighted by Crippen LogP contribution is -2.34. The molecule has 15 heavy (non-hydrogen) atoms. The van der Waals surface area contributed by atoms with Crippen molar-refractivity contribution >= 4 is 11.7 Å². The van der Waals surface area contributed by atoms with Crippen LogP contribution in [0.15, 0.2) is 4.99 Å². The smallest absolute Gasteiger partial charge is 0.186 e. The van der Waals surface area contributed by atoms with Crippen molar-refractivity contribution in [2.24, 2.45) is 16.5 Å². The Balaban J connectivity index is 0.000000921. The largest absolute Gasteiger partial charge is 0.382 e. The molecule has 2 unspecified atom stereocenters. The fourth-order valence-corrected chi connectivity index (χ4v) is 1.64. The van der Waals surface area contributed by atoms with Crippen LogP contribution < -0.4 is 11.5 Å². The summed E-state index contributed by atoms with van der Waals surface area (Å²) in [7, 11) is 0. The Morgan fingerprint density at radius 3 is 2.33 bits per heavy atom. The quantitative estimate of drug-likeness (QED) is 0.451. The number of aliphatic imine (C=N–C) groups is 1. The standard InChI is InChI=1S/C8H15N3O2.C2H6/c1-5(12)8(13)3-2-6(4-8)11-7(9)10;1-2/h6,13H,2-4H2,1H3,(H4,9,10,11);1-2H3. The van der Waals surface area contributed by atoms with Gasteiger partial charge in [0.2, 0.25) is 0 Å². The third-order valence-corrected chi connectivity index (χ3v) is 2.45. The minimum Gasteiger partial charge on any atom is -0.382 e. The van der Waals surface area contributed by atoms with E-state index < -0.39 is 5.60 Å². The van der Waals surface area contributed by atoms with Crippen molar-refractivity contribution in [3.05, 3.63) is 0 Å². The summed E-state index contributed by atoms with van der Waals surface area (Å²) in [4.78, 5) is 15.0. The SMILES string of the molecule is CC.CC(=O)C1(O)CCC(N=C(N)N)C1. The Morgan fingerprint density at radius 2 is 2.00 bits per heavy atom. The summed E-state index contributed by atoms with van der Waals surface area (Å²) in [5.41, 5.74) is 9.19. The second-order valence-corrected chi connectivity index (χ2v) is 3.54. The van der Waals surface area contributed by atoms with Crippen LogP contribution in [0.1, 0.15) is 40.0 Å². The van der Waals surface area contributed by atoms with E-state index in [2.05, 4.69) is 4.99 Å². The van der Waals surface area contributed by atoms with Crippen LogP contribution in [-0.2, 0) is 4.79 Å². The van der Waals surface area contributed by atoms with E-state index in [1.165, 1.54) is 6.92 Å². The molecule has 5 nitrogen and oxygen atoms in total. The van der Waals surface area contributed by atoms with Gasteiger partial charge < -0.3 is 16.6 Å². The van der Waals surface area contributed by atoms with Crippen LogP contribution in [-0.4, -0.2) is 28.5 Å². The highest BCUT2D eigenvalue weighted by atomic mass is 16.3. The number of Topliss-reactive ketones (excluding diaryl/α,β-unsaturated/α-hetero) is 1. The van der Waals surface area contributed by atoms with E-state index in [-0.39, 0.29) is 17.8 Å². The number of hydrogen-bond donors (Lipinski definition) is 3. The third kappa shape index (κ3) is 3.87. The van der Waals surface area contributed by atoms with Crippen molar-refractivity contribution in [3.8, 4) is 0 Å². The third-order valence-electron chi connectivity index (χ3n) is 2.45. The van der Waals surface area contributed by atoms with E-state index in [0.717, 1.165) is 0 Å². The first-order valence-electron chi connectivity index (χ1n) is 5.26. The molecule has 0 bridgehead atoms. The predicted molar refractivity (Wildman–Crippen MR) is 60.4 cm³/mol. The molecule has 0 aromatic rings. The summed E-state index contributed by atoms with van der Waals surface area (Å²) in [5, 5.41) is 9.75. The summed E-state index contributed by atoms with van der Waals surface area (Å²) in [6.07, 6.45) is 1.44. The number of rotatable bonds is 2. The van der Waals surface area contributed by atoms with Crippen molar-refractivity contribution in [1.29, 1.82) is 0 Å². The molecule has 0 saturated heterocycles. The fraction of sp³-hybridized carbons (Fsp3) is 0.800. The van der Waals surface area contributed by atoms with Gasteiger partial charge in [-0.25, -0.2) is 0 Å². The molecule has 0 spiro atoms. The fourth-order valence-electron chi connectivity index (χ4n) is 1.64. The van der Waals surface area contributed by atoms with Gasteiger partial charge in [-0.3, -0.25) is 9.79 Å². The van der Waals surface area contributed by atoms with Gasteiger partial charge in [0.05, 0.1) is 6.04 Å². The van der Waals surface area contributed by atoms with E-state index in [1.807, 2.05) is 13.8 Å². The number of nitrogens with two attached hydrogens (primary N) is 2. The van der Waals surface area contributed by atoms with E-state index in [4.69, 9.17) is 11.5 Å². The Morgan fingerprint density at radius 1 is 1.47 bits per heavy atom. The van der Waals surface area contributed by atoms with Gasteiger partial charge in [0.25, 0.3) is 0 Å². The van der Waals surface area contributed by atoms with E-state index in [9.17, 15) is 9.90 Å². The molecule has 0 radical (unpaired) electrons. The highest BCUT2D eigenvalue weighted by Gasteiger charge is 2.41. The number of ketones is 1. The molecular weight excluding hydrogens is 194 g/mol. The predicted octanol–water partition coefficient (Wildman–Crippen LogP) is 0.159. The lowest BCUT2D eigenvalue weighted by Gasteiger charge is -2.17. The average Bonchev–Trinajstić information content (AvgIpc) is 2.51. The number of carbonyl (C=O) groups excluding carboxylic acids is 1. The maximum atomic E-state index is 11.0. The molecule has 1 aliphatic rings. The van der Waals surface area contributed by atoms with E-state index in [1.54, 1.807) is 0 Å². The summed E-state index contributed by atoms with van der Waals surface area (Å²) in [6.45, 7) is 5.39. The normalized spacial score (nSPS) is 28.9. The Bertz CT molecular complexity index is 249. The van der Waals surface area contributed by atoms with Crippen LogP contribution in [0.4, 0.5) is 0 Å². The molecule has 1 aliphatic carbocycles. The van der Waals surface area contributed by atoms with E-state index in [0.29, 0.717) is 19.3 Å². The lowest BCUT2D eigenvalue weighted by atomic mass is 9.98. The minimum absolute atomic E-state index is 0.0119. The van der Waals surface area contributed by atoms with Crippen LogP contribution in [0.5, 0.6) is 0 Å². The van der Waals surface area contributed by atoms with Crippen LogP contribution in [0.25, 0.3) is 0 Å². The van der Waals surface area contributed by atoms with Gasteiger partial charge in [-0.15, -0.1) is 0 Å². The number of hydrogen-bond acceptors (Lipinski definition) is 3. The summed E-state index contributed by atoms with van der Waals surface area (Å²) in [6, 6.07) is -0.112. The van der Waals surface area contributed by atoms with Crippen LogP contribution >= 0.6 is 0 Å². The molecule has 0 aromatic heterocycles. The van der Waals surface area contributed by atoms with Gasteiger partial charge >= 0.3 is 0 Å². The molecule has 0 heterocycles. The molecule has 2 atom stereocenters. The highest BCUT2D eigenvalue weighted by molar-refractivity contribution is 5.85. The first kappa shape index (κ1) is 13.9. The first-order chi connectivity index (χ1) is 6.94. The topological polar surface area (TPSA) is 102 Å². The first-order valence-corrected chi connectivity index (χ1v) is 5.26. The van der Waals surface area contributed by atoms with Crippen LogP contribution in [0.3, 0.4) is 0 Å². The van der Waals surface area contributed by atoms with Crippen molar-refractivity contribution in [1.82, 2.24) is 0 Å². The minimum atomic E-state index is -1.20. The number of aliphatic hydroxyl groups is 1. The zero-order chi connectivity index (χ0) is 12.1. The zero-order valence-electron chi connectivity index (χ0n) is 9.66. The molecule has 0 aromatic carbocycles. The molecule has 88 valence electrons. The molecular formula is C10H21N3O2. The van der Waals surface area contributed by atoms with Gasteiger partial charge in [-0.2, -0.15) is 0 Å². The summed E-state index contributed by atoms with van der Waals surface area (Å²) >= 11 is 0. The number of guanidine groups is 1. The maximum absolute atomic E-state index is 11.0. The highest BCUT2D eigenvalue weighted by Crippen LogP contribution is 2.32. The van der Waals surface area contributed by atoms with Gasteiger partial charge in [0, 0.05) is 6.42 Å². The lowest BCUT2D eigenvalue weighted by molar-refractivity contribution is -0.134. The van der Waals surface area contributed by atoms with Crippen molar-refractivity contribution in [3.63, 3.8) is 0 Å². The monoisotopic (exact) mass is 215 g/mol. The molecule has 0 amide bonds.